The van der Waals surface area contributed by atoms with Crippen molar-refractivity contribution in [1.29, 1.82) is 0 Å². The van der Waals surface area contributed by atoms with Gasteiger partial charge in [-0.3, -0.25) is 9.48 Å². The second-order valence-corrected chi connectivity index (χ2v) is 7.79. The standard InChI is InChI=1S/C23H27N3O5/c1-29-19-12-17(13-20(30-2)21(19)31-3)22(27)25-10-8-23(28,9-11-25)15-26-18-7-5-4-6-16(18)14-24-26/h4-7,12-14,28H,8-11,15H2,1-3H3. The van der Waals surface area contributed by atoms with Crippen molar-refractivity contribution in [3.8, 4) is 17.2 Å². The van der Waals surface area contributed by atoms with Crippen molar-refractivity contribution in [2.24, 2.45) is 0 Å². The molecule has 0 saturated carbocycles. The molecular formula is C23H27N3O5. The Hall–Kier alpha value is -3.26. The Labute approximate surface area is 180 Å². The van der Waals surface area contributed by atoms with E-state index in [2.05, 4.69) is 5.10 Å². The Morgan fingerprint density at radius 3 is 2.32 bits per heavy atom. The number of likely N-dealkylation sites (tertiary alicyclic amines) is 1. The number of carbonyl (C=O) groups excluding carboxylic acids is 1. The summed E-state index contributed by atoms with van der Waals surface area (Å²) < 4.78 is 17.9. The first-order chi connectivity index (χ1) is 15.0. The number of aliphatic hydroxyl groups is 1. The number of aromatic nitrogens is 2. The Bertz CT molecular complexity index is 1060. The number of hydrogen-bond acceptors (Lipinski definition) is 6. The van der Waals surface area contributed by atoms with Gasteiger partial charge in [-0.15, -0.1) is 0 Å². The fourth-order valence-electron chi connectivity index (χ4n) is 4.10. The van der Waals surface area contributed by atoms with E-state index in [0.717, 1.165) is 10.9 Å². The maximum atomic E-state index is 13.1. The van der Waals surface area contributed by atoms with Crippen LogP contribution in [0.1, 0.15) is 23.2 Å². The van der Waals surface area contributed by atoms with E-state index in [1.807, 2.05) is 35.1 Å². The number of amides is 1. The van der Waals surface area contributed by atoms with E-state index < -0.39 is 5.60 Å². The van der Waals surface area contributed by atoms with Gasteiger partial charge in [-0.1, -0.05) is 18.2 Å². The molecule has 0 unspecified atom stereocenters. The van der Waals surface area contributed by atoms with Gasteiger partial charge in [0.1, 0.15) is 0 Å². The topological polar surface area (TPSA) is 86.1 Å². The van der Waals surface area contributed by atoms with E-state index in [-0.39, 0.29) is 5.91 Å². The summed E-state index contributed by atoms with van der Waals surface area (Å²) in [6.45, 7) is 1.29. The summed E-state index contributed by atoms with van der Waals surface area (Å²) in [6, 6.07) is 11.2. The van der Waals surface area contributed by atoms with Gasteiger partial charge in [0.05, 0.1) is 45.2 Å². The number of nitrogens with zero attached hydrogens (tertiary/aromatic N) is 3. The van der Waals surface area contributed by atoms with E-state index in [0.29, 0.717) is 55.3 Å². The molecule has 1 fully saturated rings. The van der Waals surface area contributed by atoms with Crippen LogP contribution < -0.4 is 14.2 Å². The van der Waals surface area contributed by atoms with Crippen molar-refractivity contribution < 1.29 is 24.1 Å². The van der Waals surface area contributed by atoms with Crippen LogP contribution >= 0.6 is 0 Å². The average Bonchev–Trinajstić information content (AvgIpc) is 3.20. The van der Waals surface area contributed by atoms with Crippen LogP contribution in [0.5, 0.6) is 17.2 Å². The Balaban J connectivity index is 1.47. The van der Waals surface area contributed by atoms with Crippen molar-refractivity contribution in [2.75, 3.05) is 34.4 Å². The minimum atomic E-state index is -0.916. The van der Waals surface area contributed by atoms with Gasteiger partial charge >= 0.3 is 0 Å². The van der Waals surface area contributed by atoms with E-state index >= 15 is 0 Å². The smallest absolute Gasteiger partial charge is 0.254 e. The molecule has 0 aliphatic carbocycles. The lowest BCUT2D eigenvalue weighted by molar-refractivity contribution is -0.0306. The Morgan fingerprint density at radius 2 is 1.71 bits per heavy atom. The largest absolute Gasteiger partial charge is 0.493 e. The zero-order valence-electron chi connectivity index (χ0n) is 18.0. The van der Waals surface area contributed by atoms with Gasteiger partial charge < -0.3 is 24.2 Å². The SMILES string of the molecule is COc1cc(C(=O)N2CCC(O)(Cn3ncc4ccccc43)CC2)cc(OC)c1OC. The molecule has 2 heterocycles. The van der Waals surface area contributed by atoms with Gasteiger partial charge in [-0.25, -0.2) is 0 Å². The molecule has 1 aliphatic rings. The summed E-state index contributed by atoms with van der Waals surface area (Å²) in [5, 5.41) is 16.6. The normalized spacial score (nSPS) is 15.7. The second-order valence-electron chi connectivity index (χ2n) is 7.79. The number of fused-ring (bicyclic) bond motifs is 1. The van der Waals surface area contributed by atoms with Crippen LogP contribution in [0.3, 0.4) is 0 Å². The van der Waals surface area contributed by atoms with E-state index in [9.17, 15) is 9.90 Å². The molecule has 3 aromatic rings. The fraction of sp³-hybridized carbons (Fsp3) is 0.391. The van der Waals surface area contributed by atoms with Gasteiger partial charge in [0.15, 0.2) is 11.5 Å². The highest BCUT2D eigenvalue weighted by Gasteiger charge is 2.35. The molecule has 0 bridgehead atoms. The van der Waals surface area contributed by atoms with Gasteiger partial charge in [0.25, 0.3) is 5.91 Å². The molecule has 0 spiro atoms. The number of piperidine rings is 1. The third-order valence-electron chi connectivity index (χ3n) is 5.89. The predicted octanol–water partition coefficient (Wildman–Crippen LogP) is 2.73. The molecule has 164 valence electrons. The summed E-state index contributed by atoms with van der Waals surface area (Å²) in [6.07, 6.45) is 2.75. The first kappa shape index (κ1) is 21.0. The molecule has 1 aromatic heterocycles. The number of ether oxygens (including phenoxy) is 3. The van der Waals surface area contributed by atoms with Crippen LogP contribution in [0.2, 0.25) is 0 Å². The predicted molar refractivity (Wildman–Crippen MR) is 116 cm³/mol. The van der Waals surface area contributed by atoms with Crippen molar-refractivity contribution >= 4 is 16.8 Å². The summed E-state index contributed by atoms with van der Waals surface area (Å²) >= 11 is 0. The highest BCUT2D eigenvalue weighted by atomic mass is 16.5. The molecule has 2 aromatic carbocycles. The number of methoxy groups -OCH3 is 3. The van der Waals surface area contributed by atoms with Crippen molar-refractivity contribution in [3.05, 3.63) is 48.2 Å². The van der Waals surface area contributed by atoms with Crippen LogP contribution in [0, 0.1) is 0 Å². The minimum Gasteiger partial charge on any atom is -0.493 e. The minimum absolute atomic E-state index is 0.133. The van der Waals surface area contributed by atoms with Crippen molar-refractivity contribution in [1.82, 2.24) is 14.7 Å². The zero-order valence-corrected chi connectivity index (χ0v) is 18.0. The molecule has 0 atom stereocenters. The quantitative estimate of drug-likeness (QED) is 0.654. The second kappa shape index (κ2) is 8.47. The molecule has 1 amide bonds. The highest BCUT2D eigenvalue weighted by molar-refractivity contribution is 5.95. The van der Waals surface area contributed by atoms with Gasteiger partial charge in [-0.05, 0) is 31.0 Å². The lowest BCUT2D eigenvalue weighted by atomic mass is 9.91. The molecule has 1 aliphatic heterocycles. The Kier molecular flexibility index (Phi) is 5.73. The molecular weight excluding hydrogens is 398 g/mol. The molecule has 0 radical (unpaired) electrons. The molecule has 31 heavy (non-hydrogen) atoms. The van der Waals surface area contributed by atoms with Crippen LogP contribution in [0.4, 0.5) is 0 Å². The lowest BCUT2D eigenvalue weighted by Crippen LogP contribution is -2.48. The highest BCUT2D eigenvalue weighted by Crippen LogP contribution is 2.38. The average molecular weight is 425 g/mol. The number of rotatable bonds is 6. The maximum Gasteiger partial charge on any atom is 0.254 e. The summed E-state index contributed by atoms with van der Waals surface area (Å²) in [7, 11) is 4.56. The molecule has 8 nitrogen and oxygen atoms in total. The summed E-state index contributed by atoms with van der Waals surface area (Å²) in [5.41, 5.74) is 0.533. The lowest BCUT2D eigenvalue weighted by Gasteiger charge is -2.38. The molecule has 1 saturated heterocycles. The van der Waals surface area contributed by atoms with Gasteiger partial charge in [0, 0.05) is 24.0 Å². The third kappa shape index (κ3) is 4.03. The number of carbonyl (C=O) groups is 1. The number of hydrogen-bond donors (Lipinski definition) is 1. The first-order valence-electron chi connectivity index (χ1n) is 10.2. The molecule has 8 heteroatoms. The van der Waals surface area contributed by atoms with Crippen molar-refractivity contribution in [3.63, 3.8) is 0 Å². The zero-order chi connectivity index (χ0) is 22.0. The monoisotopic (exact) mass is 425 g/mol. The van der Waals surface area contributed by atoms with E-state index in [4.69, 9.17) is 14.2 Å². The van der Waals surface area contributed by atoms with Crippen LogP contribution in [0.15, 0.2) is 42.6 Å². The van der Waals surface area contributed by atoms with Crippen LogP contribution in [-0.4, -0.2) is 65.7 Å². The first-order valence-corrected chi connectivity index (χ1v) is 10.2. The maximum absolute atomic E-state index is 13.1. The van der Waals surface area contributed by atoms with Crippen LogP contribution in [-0.2, 0) is 6.54 Å². The van der Waals surface area contributed by atoms with E-state index in [1.54, 1.807) is 17.0 Å². The summed E-state index contributed by atoms with van der Waals surface area (Å²) in [5.74, 6) is 1.18. The molecule has 1 N–H and O–H groups in total. The number of benzene rings is 2. The van der Waals surface area contributed by atoms with Gasteiger partial charge in [0.2, 0.25) is 5.75 Å². The Morgan fingerprint density at radius 1 is 1.06 bits per heavy atom. The third-order valence-corrected chi connectivity index (χ3v) is 5.89. The summed E-state index contributed by atoms with van der Waals surface area (Å²) in [4.78, 5) is 14.9. The van der Waals surface area contributed by atoms with E-state index in [1.165, 1.54) is 21.3 Å². The number of para-hydroxylation sites is 1. The fourth-order valence-corrected chi connectivity index (χ4v) is 4.10. The van der Waals surface area contributed by atoms with Crippen LogP contribution in [0.25, 0.3) is 10.9 Å². The van der Waals surface area contributed by atoms with Gasteiger partial charge in [-0.2, -0.15) is 5.10 Å². The molecule has 4 rings (SSSR count). The van der Waals surface area contributed by atoms with Crippen molar-refractivity contribution in [2.45, 2.75) is 25.0 Å².